The second-order valence-corrected chi connectivity index (χ2v) is 6.53. The van der Waals surface area contributed by atoms with Crippen molar-refractivity contribution in [2.75, 3.05) is 43.1 Å². The zero-order valence-electron chi connectivity index (χ0n) is 14.8. The summed E-state index contributed by atoms with van der Waals surface area (Å²) < 4.78 is 11.0. The molecule has 26 heavy (non-hydrogen) atoms. The van der Waals surface area contributed by atoms with Crippen LogP contribution in [0.5, 0.6) is 5.75 Å². The van der Waals surface area contributed by atoms with Gasteiger partial charge in [-0.2, -0.15) is 0 Å². The number of ether oxygens (including phenoxy) is 2. The fraction of sp³-hybridized carbons (Fsp3) is 0.350. The smallest absolute Gasteiger partial charge is 0.255 e. The number of rotatable bonds is 6. The highest BCUT2D eigenvalue weighted by Gasteiger charge is 2.17. The van der Waals surface area contributed by atoms with E-state index in [-0.39, 0.29) is 5.91 Å². The van der Waals surface area contributed by atoms with Gasteiger partial charge in [0, 0.05) is 23.7 Å². The molecular weight excluding hydrogens is 352 g/mol. The minimum absolute atomic E-state index is 0.191. The summed E-state index contributed by atoms with van der Waals surface area (Å²) in [6.45, 7) is 5.58. The Hall–Kier alpha value is -2.24. The molecular formula is C20H23ClN2O3. The summed E-state index contributed by atoms with van der Waals surface area (Å²) in [5.41, 5.74) is 2.19. The summed E-state index contributed by atoms with van der Waals surface area (Å²) in [6.07, 6.45) is 0.918. The highest BCUT2D eigenvalue weighted by molar-refractivity contribution is 6.31. The number of morpholine rings is 1. The van der Waals surface area contributed by atoms with Gasteiger partial charge < -0.3 is 19.7 Å². The topological polar surface area (TPSA) is 50.8 Å². The molecule has 1 heterocycles. The summed E-state index contributed by atoms with van der Waals surface area (Å²) in [5.74, 6) is 0.503. The van der Waals surface area contributed by atoms with Gasteiger partial charge in [-0.05, 0) is 42.8 Å². The van der Waals surface area contributed by atoms with Gasteiger partial charge in [0.1, 0.15) is 5.75 Å². The van der Waals surface area contributed by atoms with E-state index in [4.69, 9.17) is 21.1 Å². The van der Waals surface area contributed by atoms with Crippen molar-refractivity contribution in [1.82, 2.24) is 0 Å². The first-order valence-corrected chi connectivity index (χ1v) is 9.21. The van der Waals surface area contributed by atoms with Crippen LogP contribution in [0, 0.1) is 0 Å². The summed E-state index contributed by atoms with van der Waals surface area (Å²) in [5, 5.41) is 3.57. The monoisotopic (exact) mass is 374 g/mol. The molecule has 1 aliphatic heterocycles. The Bertz CT molecular complexity index is 760. The third-order valence-corrected chi connectivity index (χ3v) is 4.36. The number of anilines is 2. The molecule has 1 N–H and O–H groups in total. The molecule has 1 saturated heterocycles. The van der Waals surface area contributed by atoms with Gasteiger partial charge in [0.25, 0.3) is 5.91 Å². The van der Waals surface area contributed by atoms with Gasteiger partial charge in [-0.25, -0.2) is 0 Å². The van der Waals surface area contributed by atoms with Gasteiger partial charge in [-0.15, -0.1) is 0 Å². The summed E-state index contributed by atoms with van der Waals surface area (Å²) in [6, 6.07) is 12.7. The first-order valence-electron chi connectivity index (χ1n) is 8.84. The van der Waals surface area contributed by atoms with Crippen molar-refractivity contribution in [3.8, 4) is 5.75 Å². The van der Waals surface area contributed by atoms with Crippen LogP contribution in [0.4, 0.5) is 11.4 Å². The van der Waals surface area contributed by atoms with Crippen LogP contribution < -0.4 is 15.0 Å². The van der Waals surface area contributed by atoms with Crippen LogP contribution in [0.3, 0.4) is 0 Å². The number of hydrogen-bond acceptors (Lipinski definition) is 4. The molecule has 0 saturated carbocycles. The van der Waals surface area contributed by atoms with Crippen LogP contribution in [-0.2, 0) is 4.74 Å². The van der Waals surface area contributed by atoms with Crippen LogP contribution in [0.2, 0.25) is 5.02 Å². The van der Waals surface area contributed by atoms with Gasteiger partial charge >= 0.3 is 0 Å². The first-order chi connectivity index (χ1) is 12.7. The highest BCUT2D eigenvalue weighted by atomic mass is 35.5. The lowest BCUT2D eigenvalue weighted by molar-refractivity contribution is 0.102. The Morgan fingerprint density at radius 1 is 1.23 bits per heavy atom. The first kappa shape index (κ1) is 18.5. The molecule has 0 radical (unpaired) electrons. The average Bonchev–Trinajstić information content (AvgIpc) is 2.67. The minimum Gasteiger partial charge on any atom is -0.494 e. The maximum Gasteiger partial charge on any atom is 0.255 e. The van der Waals surface area contributed by atoms with E-state index in [0.717, 1.165) is 25.2 Å². The molecule has 0 aromatic heterocycles. The number of carbonyl (C=O) groups is 1. The summed E-state index contributed by atoms with van der Waals surface area (Å²) in [7, 11) is 0. The van der Waals surface area contributed by atoms with Crippen molar-refractivity contribution < 1.29 is 14.3 Å². The normalized spacial score (nSPS) is 14.2. The van der Waals surface area contributed by atoms with E-state index >= 15 is 0 Å². The molecule has 1 amide bonds. The van der Waals surface area contributed by atoms with Gasteiger partial charge in [-0.3, -0.25) is 4.79 Å². The Morgan fingerprint density at radius 2 is 2.04 bits per heavy atom. The average molecular weight is 375 g/mol. The van der Waals surface area contributed by atoms with E-state index in [2.05, 4.69) is 10.2 Å². The molecule has 2 aromatic rings. The van der Waals surface area contributed by atoms with Crippen molar-refractivity contribution >= 4 is 28.9 Å². The number of amides is 1. The summed E-state index contributed by atoms with van der Waals surface area (Å²) in [4.78, 5) is 14.9. The van der Waals surface area contributed by atoms with Crippen molar-refractivity contribution in [3.05, 3.63) is 53.1 Å². The van der Waals surface area contributed by atoms with Gasteiger partial charge in [0.15, 0.2) is 0 Å². The van der Waals surface area contributed by atoms with E-state index < -0.39 is 0 Å². The van der Waals surface area contributed by atoms with E-state index in [1.54, 1.807) is 18.2 Å². The van der Waals surface area contributed by atoms with Crippen LogP contribution in [0.25, 0.3) is 0 Å². The fourth-order valence-corrected chi connectivity index (χ4v) is 3.00. The highest BCUT2D eigenvalue weighted by Crippen LogP contribution is 2.30. The van der Waals surface area contributed by atoms with E-state index in [0.29, 0.717) is 41.8 Å². The van der Waals surface area contributed by atoms with Crippen molar-refractivity contribution in [2.24, 2.45) is 0 Å². The maximum absolute atomic E-state index is 12.7. The van der Waals surface area contributed by atoms with Gasteiger partial charge in [0.05, 0.1) is 31.2 Å². The lowest BCUT2D eigenvalue weighted by Crippen LogP contribution is -2.36. The van der Waals surface area contributed by atoms with Crippen molar-refractivity contribution in [1.29, 1.82) is 0 Å². The molecule has 138 valence electrons. The van der Waals surface area contributed by atoms with Crippen LogP contribution >= 0.6 is 11.6 Å². The van der Waals surface area contributed by atoms with Crippen LogP contribution in [0.15, 0.2) is 42.5 Å². The Balaban J connectivity index is 1.79. The number of halogens is 1. The fourth-order valence-electron chi connectivity index (χ4n) is 2.83. The van der Waals surface area contributed by atoms with Crippen molar-refractivity contribution in [2.45, 2.75) is 13.3 Å². The molecule has 6 heteroatoms. The second kappa shape index (κ2) is 8.92. The number of nitrogens with zero attached hydrogens (tertiary/aromatic N) is 1. The molecule has 2 aromatic carbocycles. The molecule has 1 fully saturated rings. The largest absolute Gasteiger partial charge is 0.494 e. The molecule has 5 nitrogen and oxygen atoms in total. The lowest BCUT2D eigenvalue weighted by Gasteiger charge is -2.30. The lowest BCUT2D eigenvalue weighted by atomic mass is 10.1. The molecule has 0 unspecified atom stereocenters. The van der Waals surface area contributed by atoms with Gasteiger partial charge in [0.2, 0.25) is 0 Å². The number of nitrogens with one attached hydrogen (secondary N) is 1. The van der Waals surface area contributed by atoms with Crippen LogP contribution in [-0.4, -0.2) is 38.8 Å². The maximum atomic E-state index is 12.7. The minimum atomic E-state index is -0.191. The third-order valence-electron chi connectivity index (χ3n) is 4.13. The van der Waals surface area contributed by atoms with Crippen LogP contribution in [0.1, 0.15) is 23.7 Å². The second-order valence-electron chi connectivity index (χ2n) is 6.09. The Labute approximate surface area is 158 Å². The predicted molar refractivity (Wildman–Crippen MR) is 105 cm³/mol. The standard InChI is InChI=1S/C20H23ClN2O3/c1-2-10-26-17-5-3-4-15(13-17)20(24)22-18-14-16(21)6-7-19(18)23-8-11-25-12-9-23/h3-7,13-14H,2,8-12H2,1H3,(H,22,24). The molecule has 0 spiro atoms. The molecule has 0 atom stereocenters. The SMILES string of the molecule is CCCOc1cccc(C(=O)Nc2cc(Cl)ccc2N2CCOCC2)c1. The quantitative estimate of drug-likeness (QED) is 0.822. The number of carbonyl (C=O) groups excluding carboxylic acids is 1. The molecule has 0 bridgehead atoms. The summed E-state index contributed by atoms with van der Waals surface area (Å²) >= 11 is 6.15. The van der Waals surface area contributed by atoms with E-state index in [9.17, 15) is 4.79 Å². The Kier molecular flexibility index (Phi) is 6.36. The zero-order chi connectivity index (χ0) is 18.4. The molecule has 0 aliphatic carbocycles. The zero-order valence-corrected chi connectivity index (χ0v) is 15.6. The number of hydrogen-bond donors (Lipinski definition) is 1. The van der Waals surface area contributed by atoms with Crippen molar-refractivity contribution in [3.63, 3.8) is 0 Å². The van der Waals surface area contributed by atoms with Gasteiger partial charge in [-0.1, -0.05) is 24.6 Å². The molecule has 1 aliphatic rings. The Morgan fingerprint density at radius 3 is 2.81 bits per heavy atom. The molecule has 3 rings (SSSR count). The number of benzene rings is 2. The third kappa shape index (κ3) is 4.68. The predicted octanol–water partition coefficient (Wildman–Crippen LogP) is 4.22. The van der Waals surface area contributed by atoms with E-state index in [1.807, 2.05) is 31.2 Å². The van der Waals surface area contributed by atoms with E-state index in [1.165, 1.54) is 0 Å².